The Morgan fingerprint density at radius 2 is 1.36 bits per heavy atom. The van der Waals surface area contributed by atoms with E-state index in [9.17, 15) is 9.59 Å². The average Bonchev–Trinajstić information content (AvgIpc) is 3.23. The predicted molar refractivity (Wildman–Crippen MR) is 151 cm³/mol. The third kappa shape index (κ3) is 4.26. The van der Waals surface area contributed by atoms with E-state index >= 15 is 0 Å². The van der Waals surface area contributed by atoms with E-state index in [0.717, 1.165) is 27.8 Å². The lowest BCUT2D eigenvalue weighted by molar-refractivity contribution is 0.0887. The highest BCUT2D eigenvalue weighted by atomic mass is 16.5. The topological polar surface area (TPSA) is 65.5 Å². The van der Waals surface area contributed by atoms with Crippen LogP contribution in [0.3, 0.4) is 0 Å². The van der Waals surface area contributed by atoms with Crippen molar-refractivity contribution in [3.63, 3.8) is 0 Å². The number of rotatable bonds is 6. The van der Waals surface area contributed by atoms with Gasteiger partial charge in [0.15, 0.2) is 11.6 Å². The average molecular weight is 514 g/mol. The van der Waals surface area contributed by atoms with Crippen LogP contribution in [0, 0.1) is 0 Å². The van der Waals surface area contributed by atoms with Crippen molar-refractivity contribution in [1.29, 1.82) is 0 Å². The highest BCUT2D eigenvalue weighted by Crippen LogP contribution is 2.40. The second-order valence-electron chi connectivity index (χ2n) is 10.2. The molecule has 4 aromatic carbocycles. The van der Waals surface area contributed by atoms with Gasteiger partial charge in [0.1, 0.15) is 23.2 Å². The Morgan fingerprint density at radius 3 is 2.05 bits per heavy atom. The van der Waals surface area contributed by atoms with E-state index < -0.39 is 5.92 Å². The Kier molecular flexibility index (Phi) is 5.99. The summed E-state index contributed by atoms with van der Waals surface area (Å²) in [7, 11) is 1.66. The first-order chi connectivity index (χ1) is 18.9. The molecular weight excluding hydrogens is 486 g/mol. The molecule has 0 spiro atoms. The van der Waals surface area contributed by atoms with Crippen LogP contribution in [-0.2, 0) is 5.41 Å². The predicted octanol–water partition coefficient (Wildman–Crippen LogP) is 7.52. The minimum absolute atomic E-state index is 0.235. The third-order valence-electron chi connectivity index (χ3n) is 7.59. The Balaban J connectivity index is 1.27. The molecule has 6 rings (SSSR count). The maximum absolute atomic E-state index is 13.6. The van der Waals surface area contributed by atoms with Crippen molar-refractivity contribution >= 4 is 22.5 Å². The van der Waals surface area contributed by atoms with E-state index in [2.05, 4.69) is 31.0 Å². The highest BCUT2D eigenvalue weighted by Gasteiger charge is 2.42. The number of para-hydroxylation sites is 1. The number of ketones is 2. The Hall–Kier alpha value is -4.77. The summed E-state index contributed by atoms with van der Waals surface area (Å²) in [6.45, 7) is 4.33. The normalized spacial score (nSPS) is 14.9. The lowest BCUT2D eigenvalue weighted by atomic mass is 9.78. The van der Waals surface area contributed by atoms with Crippen LogP contribution in [0.4, 0.5) is 0 Å². The molecule has 1 aromatic heterocycles. The molecule has 0 bridgehead atoms. The molecule has 1 unspecified atom stereocenters. The van der Waals surface area contributed by atoms with Crippen LogP contribution < -0.4 is 9.47 Å². The summed E-state index contributed by atoms with van der Waals surface area (Å²) in [5.74, 6) is 0.273. The van der Waals surface area contributed by atoms with Gasteiger partial charge >= 0.3 is 0 Å². The summed E-state index contributed by atoms with van der Waals surface area (Å²) in [6.07, 6.45) is 0. The van der Waals surface area contributed by atoms with E-state index in [0.29, 0.717) is 28.3 Å². The number of ether oxygens (including phenoxy) is 2. The number of aromatic nitrogens is 1. The van der Waals surface area contributed by atoms with Gasteiger partial charge < -0.3 is 9.47 Å². The van der Waals surface area contributed by atoms with Gasteiger partial charge in [-0.05, 0) is 53.6 Å². The SMILES string of the molecule is COc1ccc(C(C)(C)c2ccc(Oc3cccc4c3C(=O)C(c3ccc5ccccc5n3)C4=O)cc2)cc1. The number of fused-ring (bicyclic) bond motifs is 2. The van der Waals surface area contributed by atoms with E-state index in [1.807, 2.05) is 66.7 Å². The van der Waals surface area contributed by atoms with E-state index in [1.54, 1.807) is 31.4 Å². The first-order valence-corrected chi connectivity index (χ1v) is 12.9. The zero-order valence-electron chi connectivity index (χ0n) is 22.0. The molecule has 0 saturated carbocycles. The number of carbonyl (C=O) groups is 2. The van der Waals surface area contributed by atoms with Crippen molar-refractivity contribution in [2.45, 2.75) is 25.2 Å². The van der Waals surface area contributed by atoms with Crippen LogP contribution >= 0.6 is 0 Å². The quantitative estimate of drug-likeness (QED) is 0.220. The minimum atomic E-state index is -0.970. The smallest absolute Gasteiger partial charge is 0.184 e. The Labute approximate surface area is 227 Å². The summed E-state index contributed by atoms with van der Waals surface area (Å²) < 4.78 is 11.5. The summed E-state index contributed by atoms with van der Waals surface area (Å²) >= 11 is 0. The van der Waals surface area contributed by atoms with E-state index in [-0.39, 0.29) is 17.0 Å². The van der Waals surface area contributed by atoms with Gasteiger partial charge in [-0.1, -0.05) is 74.5 Å². The number of benzene rings is 4. The molecule has 1 atom stereocenters. The van der Waals surface area contributed by atoms with E-state index in [4.69, 9.17) is 9.47 Å². The molecule has 1 aliphatic carbocycles. The number of hydrogen-bond acceptors (Lipinski definition) is 5. The van der Waals surface area contributed by atoms with Crippen molar-refractivity contribution in [2.24, 2.45) is 0 Å². The van der Waals surface area contributed by atoms with Gasteiger partial charge in [0.25, 0.3) is 0 Å². The molecule has 1 heterocycles. The van der Waals surface area contributed by atoms with Crippen molar-refractivity contribution < 1.29 is 19.1 Å². The molecule has 5 nitrogen and oxygen atoms in total. The van der Waals surface area contributed by atoms with Crippen LogP contribution in [0.1, 0.15) is 57.3 Å². The fourth-order valence-corrected chi connectivity index (χ4v) is 5.25. The van der Waals surface area contributed by atoms with Crippen LogP contribution in [0.2, 0.25) is 0 Å². The first kappa shape index (κ1) is 24.6. The molecule has 192 valence electrons. The Morgan fingerprint density at radius 1 is 0.692 bits per heavy atom. The number of methoxy groups -OCH3 is 1. The minimum Gasteiger partial charge on any atom is -0.497 e. The molecule has 0 saturated heterocycles. The fraction of sp³-hybridized carbons (Fsp3) is 0.147. The van der Waals surface area contributed by atoms with E-state index in [1.165, 1.54) is 0 Å². The lowest BCUT2D eigenvalue weighted by Crippen LogP contribution is -2.18. The van der Waals surface area contributed by atoms with Gasteiger partial charge in [-0.15, -0.1) is 0 Å². The second kappa shape index (κ2) is 9.52. The molecule has 0 fully saturated rings. The molecule has 39 heavy (non-hydrogen) atoms. The standard InChI is InChI=1S/C34H27NO4/c1-34(2,22-12-16-24(38-3)17-13-22)23-14-18-25(19-15-23)39-29-10-6-8-26-30(29)33(37)31(32(26)36)28-20-11-21-7-4-5-9-27(21)35-28/h4-20,31H,1-3H3. The summed E-state index contributed by atoms with van der Waals surface area (Å²) in [5, 5.41) is 0.958. The van der Waals surface area contributed by atoms with Gasteiger partial charge in [0.2, 0.25) is 0 Å². The van der Waals surface area contributed by atoms with Crippen LogP contribution in [-0.4, -0.2) is 23.7 Å². The molecule has 0 N–H and O–H groups in total. The molecule has 1 aliphatic rings. The maximum Gasteiger partial charge on any atom is 0.184 e. The molecular formula is C34H27NO4. The monoisotopic (exact) mass is 513 g/mol. The van der Waals surface area contributed by atoms with Gasteiger partial charge in [0.05, 0.1) is 23.9 Å². The summed E-state index contributed by atoms with van der Waals surface area (Å²) in [4.78, 5) is 31.6. The zero-order chi connectivity index (χ0) is 27.1. The highest BCUT2D eigenvalue weighted by molar-refractivity contribution is 6.30. The number of nitrogens with zero attached hydrogens (tertiary/aromatic N) is 1. The van der Waals surface area contributed by atoms with Gasteiger partial charge in [-0.25, -0.2) is 0 Å². The molecule has 0 radical (unpaired) electrons. The van der Waals surface area contributed by atoms with Gasteiger partial charge in [-0.3, -0.25) is 14.6 Å². The maximum atomic E-state index is 13.6. The van der Waals surface area contributed by atoms with Crippen molar-refractivity contribution in [3.05, 3.63) is 131 Å². The number of Topliss-reactive ketones (excluding diaryl/α,β-unsaturated/α-hetero) is 2. The molecule has 5 aromatic rings. The number of carbonyl (C=O) groups excluding carboxylic acids is 2. The van der Waals surface area contributed by atoms with Gasteiger partial charge in [-0.2, -0.15) is 0 Å². The Bertz CT molecular complexity index is 1720. The molecule has 0 aliphatic heterocycles. The zero-order valence-corrected chi connectivity index (χ0v) is 22.0. The van der Waals surface area contributed by atoms with Gasteiger partial charge in [0, 0.05) is 16.4 Å². The van der Waals surface area contributed by atoms with Crippen LogP contribution in [0.25, 0.3) is 10.9 Å². The van der Waals surface area contributed by atoms with Crippen molar-refractivity contribution in [2.75, 3.05) is 7.11 Å². The summed E-state index contributed by atoms with van der Waals surface area (Å²) in [6, 6.07) is 32.4. The molecule has 5 heteroatoms. The van der Waals surface area contributed by atoms with Crippen LogP contribution in [0.15, 0.2) is 103 Å². The first-order valence-electron chi connectivity index (χ1n) is 12.9. The van der Waals surface area contributed by atoms with Crippen LogP contribution in [0.5, 0.6) is 17.2 Å². The number of pyridine rings is 1. The fourth-order valence-electron chi connectivity index (χ4n) is 5.25. The summed E-state index contributed by atoms with van der Waals surface area (Å²) in [5.41, 5.74) is 3.93. The largest absolute Gasteiger partial charge is 0.497 e. The number of hydrogen-bond donors (Lipinski definition) is 0. The van der Waals surface area contributed by atoms with Crippen molar-refractivity contribution in [1.82, 2.24) is 4.98 Å². The van der Waals surface area contributed by atoms with Crippen molar-refractivity contribution in [3.8, 4) is 17.2 Å². The molecule has 0 amide bonds. The third-order valence-corrected chi connectivity index (χ3v) is 7.59. The second-order valence-corrected chi connectivity index (χ2v) is 10.2. The lowest BCUT2D eigenvalue weighted by Gasteiger charge is -2.26.